The van der Waals surface area contributed by atoms with Gasteiger partial charge in [0.1, 0.15) is 0 Å². The second kappa shape index (κ2) is 10.0. The summed E-state index contributed by atoms with van der Waals surface area (Å²) < 4.78 is 11.2. The molecule has 1 amide bonds. The molecule has 2 heterocycles. The van der Waals surface area contributed by atoms with E-state index in [1.807, 2.05) is 0 Å². The molecule has 0 aromatic carbocycles. The third kappa shape index (κ3) is 4.94. The van der Waals surface area contributed by atoms with Crippen molar-refractivity contribution in [1.82, 2.24) is 26.6 Å². The first-order chi connectivity index (χ1) is 14.2. The fraction of sp³-hybridized carbons (Fsp3) is 0.952. The number of hydrazine groups is 2. The van der Waals surface area contributed by atoms with Crippen LogP contribution in [0.4, 0.5) is 0 Å². The second-order valence-electron chi connectivity index (χ2n) is 9.27. The highest BCUT2D eigenvalue weighted by Crippen LogP contribution is 2.31. The maximum Gasteiger partial charge on any atom is 0.223 e. The van der Waals surface area contributed by atoms with Crippen molar-refractivity contribution >= 4 is 5.91 Å². The smallest absolute Gasteiger partial charge is 0.223 e. The van der Waals surface area contributed by atoms with Gasteiger partial charge in [0.15, 0.2) is 0 Å². The molecule has 2 aliphatic carbocycles. The monoisotopic (exact) mass is 409 g/mol. The van der Waals surface area contributed by atoms with Gasteiger partial charge < -0.3 is 14.8 Å². The zero-order valence-corrected chi connectivity index (χ0v) is 18.0. The Hall–Kier alpha value is -0.770. The molecule has 8 heteroatoms. The van der Waals surface area contributed by atoms with Gasteiger partial charge in [0.25, 0.3) is 0 Å². The van der Waals surface area contributed by atoms with Crippen LogP contribution in [0.2, 0.25) is 0 Å². The number of hydrogen-bond acceptors (Lipinski definition) is 7. The molecule has 5 unspecified atom stereocenters. The molecule has 0 aromatic rings. The van der Waals surface area contributed by atoms with E-state index in [1.54, 1.807) is 14.2 Å². The summed E-state index contributed by atoms with van der Waals surface area (Å²) in [6, 6.07) is 0.982. The maximum absolute atomic E-state index is 12.8. The highest BCUT2D eigenvalue weighted by atomic mass is 16.5. The molecule has 166 valence electrons. The normalized spacial score (nSPS) is 41.1. The van der Waals surface area contributed by atoms with Crippen molar-refractivity contribution in [1.29, 1.82) is 0 Å². The predicted octanol–water partition coefficient (Wildman–Crippen LogP) is 0.894. The van der Waals surface area contributed by atoms with Gasteiger partial charge in [-0.2, -0.15) is 5.53 Å². The summed E-state index contributed by atoms with van der Waals surface area (Å²) in [5, 5.41) is 9.24. The molecule has 5 atom stereocenters. The van der Waals surface area contributed by atoms with Crippen molar-refractivity contribution in [2.24, 2.45) is 11.8 Å². The molecule has 2 saturated heterocycles. The van der Waals surface area contributed by atoms with Gasteiger partial charge in [-0.05, 0) is 64.3 Å². The van der Waals surface area contributed by atoms with Crippen LogP contribution in [0, 0.1) is 11.8 Å². The standard InChI is InChI=1S/C21H39N5O3/c1-28-17-9-10-19(29-2)15(12-17)13-23-21(27)14-5-7-16(8-6-14)26-20-18(24-25-26)4-3-11-22-20/h14-20,22,24-25H,3-13H2,1-2H3,(H,23,27). The first-order valence-corrected chi connectivity index (χ1v) is 11.6. The second-order valence-corrected chi connectivity index (χ2v) is 9.27. The number of amides is 1. The van der Waals surface area contributed by atoms with Crippen LogP contribution in [0.3, 0.4) is 0 Å². The topological polar surface area (TPSA) is 86.9 Å². The minimum Gasteiger partial charge on any atom is -0.381 e. The number of ether oxygens (including phenoxy) is 2. The van der Waals surface area contributed by atoms with Gasteiger partial charge in [0.2, 0.25) is 5.91 Å². The molecule has 2 saturated carbocycles. The number of piperidine rings is 1. The Bertz CT molecular complexity index is 542. The molecule has 4 rings (SSSR count). The first-order valence-electron chi connectivity index (χ1n) is 11.6. The number of methoxy groups -OCH3 is 2. The fourth-order valence-electron chi connectivity index (χ4n) is 5.79. The van der Waals surface area contributed by atoms with Gasteiger partial charge in [-0.25, -0.2) is 10.4 Å². The van der Waals surface area contributed by atoms with Gasteiger partial charge >= 0.3 is 0 Å². The molecule has 4 N–H and O–H groups in total. The van der Waals surface area contributed by atoms with Gasteiger partial charge in [-0.3, -0.25) is 10.1 Å². The summed E-state index contributed by atoms with van der Waals surface area (Å²) in [5.74, 6) is 0.701. The summed E-state index contributed by atoms with van der Waals surface area (Å²) in [4.78, 5) is 12.8. The van der Waals surface area contributed by atoms with E-state index in [-0.39, 0.29) is 24.0 Å². The van der Waals surface area contributed by atoms with E-state index in [4.69, 9.17) is 9.47 Å². The fourth-order valence-corrected chi connectivity index (χ4v) is 5.79. The van der Waals surface area contributed by atoms with E-state index in [9.17, 15) is 4.79 Å². The van der Waals surface area contributed by atoms with E-state index in [0.717, 1.165) is 51.5 Å². The zero-order chi connectivity index (χ0) is 20.2. The van der Waals surface area contributed by atoms with Crippen LogP contribution < -0.4 is 21.6 Å². The van der Waals surface area contributed by atoms with Crippen LogP contribution in [0.15, 0.2) is 0 Å². The highest BCUT2D eigenvalue weighted by Gasteiger charge is 2.41. The average molecular weight is 410 g/mol. The van der Waals surface area contributed by atoms with Crippen LogP contribution in [0.1, 0.15) is 57.8 Å². The average Bonchev–Trinajstić information content (AvgIpc) is 3.21. The maximum atomic E-state index is 12.8. The van der Waals surface area contributed by atoms with Gasteiger partial charge in [0, 0.05) is 38.6 Å². The molecule has 4 fully saturated rings. The van der Waals surface area contributed by atoms with E-state index < -0.39 is 0 Å². The van der Waals surface area contributed by atoms with E-state index in [1.165, 1.54) is 12.8 Å². The number of nitrogens with one attached hydrogen (secondary N) is 4. The summed E-state index contributed by atoms with van der Waals surface area (Å²) in [7, 11) is 3.56. The van der Waals surface area contributed by atoms with Crippen molar-refractivity contribution in [3.05, 3.63) is 0 Å². The quantitative estimate of drug-likeness (QED) is 0.518. The minimum absolute atomic E-state index is 0.139. The summed E-state index contributed by atoms with van der Waals surface area (Å²) in [5.41, 5.74) is 6.82. The van der Waals surface area contributed by atoms with Crippen molar-refractivity contribution in [2.45, 2.75) is 88.2 Å². The molecular weight excluding hydrogens is 370 g/mol. The van der Waals surface area contributed by atoms with Crippen molar-refractivity contribution in [3.63, 3.8) is 0 Å². The number of hydrogen-bond donors (Lipinski definition) is 4. The van der Waals surface area contributed by atoms with Crippen molar-refractivity contribution in [2.75, 3.05) is 27.3 Å². The molecule has 0 spiro atoms. The number of carbonyl (C=O) groups excluding carboxylic acids is 1. The Balaban J connectivity index is 1.22. The largest absolute Gasteiger partial charge is 0.381 e. The summed E-state index contributed by atoms with van der Waals surface area (Å²) in [6.45, 7) is 1.79. The van der Waals surface area contributed by atoms with E-state index in [0.29, 0.717) is 30.7 Å². The number of fused-ring (bicyclic) bond motifs is 1. The number of nitrogens with zero attached hydrogens (tertiary/aromatic N) is 1. The molecule has 2 aliphatic heterocycles. The summed E-state index contributed by atoms with van der Waals surface area (Å²) >= 11 is 0. The molecule has 0 radical (unpaired) electrons. The lowest BCUT2D eigenvalue weighted by atomic mass is 9.83. The first kappa shape index (κ1) is 21.5. The van der Waals surface area contributed by atoms with Gasteiger partial charge in [0.05, 0.1) is 24.4 Å². The lowest BCUT2D eigenvalue weighted by Gasteiger charge is -2.39. The highest BCUT2D eigenvalue weighted by molar-refractivity contribution is 5.78. The van der Waals surface area contributed by atoms with E-state index in [2.05, 4.69) is 26.6 Å². The molecule has 8 nitrogen and oxygen atoms in total. The SMILES string of the molecule is COC1CCC(OC)C(CNC(=O)C2CCC(N3NNC4CCCNC43)CC2)C1. The number of carbonyl (C=O) groups is 1. The molecule has 29 heavy (non-hydrogen) atoms. The third-order valence-electron chi connectivity index (χ3n) is 7.61. The Morgan fingerprint density at radius 1 is 1.07 bits per heavy atom. The van der Waals surface area contributed by atoms with Crippen LogP contribution in [-0.2, 0) is 14.3 Å². The molecule has 0 bridgehead atoms. The Morgan fingerprint density at radius 3 is 2.66 bits per heavy atom. The third-order valence-corrected chi connectivity index (χ3v) is 7.61. The van der Waals surface area contributed by atoms with Crippen LogP contribution in [0.5, 0.6) is 0 Å². The molecule has 4 aliphatic rings. The Labute approximate surface area is 174 Å². The lowest BCUT2D eigenvalue weighted by Crippen LogP contribution is -2.56. The molecule has 0 aromatic heterocycles. The van der Waals surface area contributed by atoms with Crippen LogP contribution in [0.25, 0.3) is 0 Å². The van der Waals surface area contributed by atoms with Crippen LogP contribution >= 0.6 is 0 Å². The molecular formula is C21H39N5O3. The van der Waals surface area contributed by atoms with E-state index >= 15 is 0 Å². The van der Waals surface area contributed by atoms with Crippen molar-refractivity contribution in [3.8, 4) is 0 Å². The predicted molar refractivity (Wildman–Crippen MR) is 111 cm³/mol. The Morgan fingerprint density at radius 2 is 1.90 bits per heavy atom. The Kier molecular flexibility index (Phi) is 7.42. The zero-order valence-electron chi connectivity index (χ0n) is 18.0. The van der Waals surface area contributed by atoms with Gasteiger partial charge in [-0.1, -0.05) is 0 Å². The summed E-state index contributed by atoms with van der Waals surface area (Å²) in [6.07, 6.45) is 10.4. The lowest BCUT2D eigenvalue weighted by molar-refractivity contribution is -0.127. The van der Waals surface area contributed by atoms with Gasteiger partial charge in [-0.15, -0.1) is 0 Å². The minimum atomic E-state index is 0.139. The number of rotatable bonds is 6. The van der Waals surface area contributed by atoms with Crippen LogP contribution in [-0.4, -0.2) is 68.7 Å². The van der Waals surface area contributed by atoms with Crippen molar-refractivity contribution < 1.29 is 14.3 Å².